The fraction of sp³-hybridized carbons (Fsp3) is 0.0769. The van der Waals surface area contributed by atoms with Crippen molar-refractivity contribution in [3.63, 3.8) is 0 Å². The Morgan fingerprint density at radius 2 is 1.53 bits per heavy atom. The van der Waals surface area contributed by atoms with Crippen molar-refractivity contribution in [2.45, 2.75) is 6.18 Å². The van der Waals surface area contributed by atoms with Gasteiger partial charge < -0.3 is 0 Å². The first-order valence-electron chi connectivity index (χ1n) is 5.12. The second-order valence-corrected chi connectivity index (χ2v) is 5.01. The lowest BCUT2D eigenvalue weighted by Gasteiger charge is -2.13. The maximum Gasteiger partial charge on any atom is 0.417 e. The molecule has 19 heavy (non-hydrogen) atoms. The third kappa shape index (κ3) is 2.99. The fourth-order valence-electron chi connectivity index (χ4n) is 1.66. The third-order valence-electron chi connectivity index (χ3n) is 2.52. The van der Waals surface area contributed by atoms with Crippen molar-refractivity contribution < 1.29 is 13.2 Å². The lowest BCUT2D eigenvalue weighted by Crippen LogP contribution is -2.06. The van der Waals surface area contributed by atoms with Gasteiger partial charge in [-0.15, -0.1) is 0 Å². The summed E-state index contributed by atoms with van der Waals surface area (Å²) >= 11 is 17.6. The largest absolute Gasteiger partial charge is 0.417 e. The quantitative estimate of drug-likeness (QED) is 0.574. The molecule has 0 saturated heterocycles. The summed E-state index contributed by atoms with van der Waals surface area (Å²) in [7, 11) is 0. The van der Waals surface area contributed by atoms with E-state index in [0.29, 0.717) is 10.6 Å². The van der Waals surface area contributed by atoms with Gasteiger partial charge in [0.2, 0.25) is 0 Å². The minimum Gasteiger partial charge on any atom is -0.166 e. The van der Waals surface area contributed by atoms with Crippen LogP contribution in [0.15, 0.2) is 36.4 Å². The Morgan fingerprint density at radius 3 is 2.16 bits per heavy atom. The molecule has 0 heterocycles. The van der Waals surface area contributed by atoms with Gasteiger partial charge in [0.05, 0.1) is 10.6 Å². The molecule has 2 aromatic carbocycles. The molecular formula is C13H6Cl3F3. The molecule has 0 N–H and O–H groups in total. The molecule has 0 aliphatic heterocycles. The first-order valence-corrected chi connectivity index (χ1v) is 6.25. The molecular weight excluding hydrogens is 319 g/mol. The summed E-state index contributed by atoms with van der Waals surface area (Å²) in [4.78, 5) is 0. The topological polar surface area (TPSA) is 0 Å². The Bertz CT molecular complexity index is 621. The summed E-state index contributed by atoms with van der Waals surface area (Å²) in [5.41, 5.74) is -0.336. The molecule has 0 bridgehead atoms. The average molecular weight is 326 g/mol. The van der Waals surface area contributed by atoms with Crippen molar-refractivity contribution in [1.82, 2.24) is 0 Å². The minimum absolute atomic E-state index is 0.198. The highest BCUT2D eigenvalue weighted by atomic mass is 35.5. The maximum absolute atomic E-state index is 12.8. The highest BCUT2D eigenvalue weighted by Crippen LogP contribution is 2.41. The predicted octanol–water partition coefficient (Wildman–Crippen LogP) is 6.33. The van der Waals surface area contributed by atoms with Crippen LogP contribution in [-0.4, -0.2) is 0 Å². The zero-order valence-corrected chi connectivity index (χ0v) is 11.5. The summed E-state index contributed by atoms with van der Waals surface area (Å²) in [5.74, 6) is 0. The van der Waals surface area contributed by atoms with Crippen molar-refractivity contribution in [2.75, 3.05) is 0 Å². The predicted molar refractivity (Wildman–Crippen MR) is 71.9 cm³/mol. The van der Waals surface area contributed by atoms with E-state index in [1.54, 1.807) is 6.07 Å². The Morgan fingerprint density at radius 1 is 0.842 bits per heavy atom. The van der Waals surface area contributed by atoms with Crippen LogP contribution < -0.4 is 0 Å². The average Bonchev–Trinajstić information content (AvgIpc) is 2.31. The molecule has 0 atom stereocenters. The molecule has 2 aromatic rings. The molecule has 0 spiro atoms. The highest BCUT2D eigenvalue weighted by molar-refractivity contribution is 6.38. The molecule has 6 heteroatoms. The van der Waals surface area contributed by atoms with Gasteiger partial charge in [0.15, 0.2) is 0 Å². The molecule has 0 aliphatic carbocycles. The van der Waals surface area contributed by atoms with Crippen LogP contribution in [0.4, 0.5) is 13.2 Å². The van der Waals surface area contributed by atoms with Gasteiger partial charge in [-0.05, 0) is 24.3 Å². The standard InChI is InChI=1S/C13H6Cl3F3/c14-7-4-5-11(15)9(6-7)8-2-1-3-10(12(8)16)13(17,18)19/h1-6H. The smallest absolute Gasteiger partial charge is 0.166 e. The summed E-state index contributed by atoms with van der Waals surface area (Å²) in [6.45, 7) is 0. The Hall–Kier alpha value is -0.900. The van der Waals surface area contributed by atoms with Crippen molar-refractivity contribution >= 4 is 34.8 Å². The van der Waals surface area contributed by atoms with E-state index in [1.807, 2.05) is 0 Å². The molecule has 2 rings (SSSR count). The molecule has 0 unspecified atom stereocenters. The van der Waals surface area contributed by atoms with Crippen LogP contribution in [0.25, 0.3) is 11.1 Å². The Kier molecular flexibility index (Phi) is 4.00. The lowest BCUT2D eigenvalue weighted by molar-refractivity contribution is -0.137. The second kappa shape index (κ2) is 5.23. The van der Waals surface area contributed by atoms with Gasteiger partial charge in [0.1, 0.15) is 0 Å². The molecule has 0 aliphatic rings. The molecule has 0 fully saturated rings. The van der Waals surface area contributed by atoms with E-state index in [4.69, 9.17) is 34.8 Å². The number of hydrogen-bond acceptors (Lipinski definition) is 0. The normalized spacial score (nSPS) is 11.7. The number of hydrogen-bond donors (Lipinski definition) is 0. The molecule has 0 nitrogen and oxygen atoms in total. The van der Waals surface area contributed by atoms with Crippen molar-refractivity contribution in [1.29, 1.82) is 0 Å². The summed E-state index contributed by atoms with van der Waals surface area (Å²) in [6.07, 6.45) is -4.52. The number of rotatable bonds is 1. The number of halogens is 6. The van der Waals surface area contributed by atoms with Crippen LogP contribution in [0.1, 0.15) is 5.56 Å². The molecule has 0 saturated carbocycles. The van der Waals surface area contributed by atoms with E-state index < -0.39 is 11.7 Å². The Labute approximate surface area is 122 Å². The van der Waals surface area contributed by atoms with Crippen LogP contribution in [0.3, 0.4) is 0 Å². The molecule has 0 aromatic heterocycles. The van der Waals surface area contributed by atoms with Crippen LogP contribution in [0.5, 0.6) is 0 Å². The SMILES string of the molecule is FC(F)(F)c1cccc(-c2cc(Cl)ccc2Cl)c1Cl. The third-order valence-corrected chi connectivity index (χ3v) is 3.49. The first-order chi connectivity index (χ1) is 8.80. The van der Waals surface area contributed by atoms with E-state index in [0.717, 1.165) is 6.07 Å². The monoisotopic (exact) mass is 324 g/mol. The molecule has 0 amide bonds. The molecule has 0 radical (unpaired) electrons. The van der Waals surface area contributed by atoms with E-state index in [-0.39, 0.29) is 15.6 Å². The first kappa shape index (κ1) is 14.5. The van der Waals surface area contributed by atoms with Crippen molar-refractivity contribution in [2.24, 2.45) is 0 Å². The van der Waals surface area contributed by atoms with Gasteiger partial charge in [0, 0.05) is 21.2 Å². The van der Waals surface area contributed by atoms with Crippen LogP contribution in [-0.2, 0) is 6.18 Å². The van der Waals surface area contributed by atoms with Gasteiger partial charge >= 0.3 is 6.18 Å². The highest BCUT2D eigenvalue weighted by Gasteiger charge is 2.34. The van der Waals surface area contributed by atoms with E-state index in [1.165, 1.54) is 24.3 Å². The van der Waals surface area contributed by atoms with Gasteiger partial charge in [-0.3, -0.25) is 0 Å². The summed E-state index contributed by atoms with van der Waals surface area (Å²) in [5, 5.41) is 0.262. The summed E-state index contributed by atoms with van der Waals surface area (Å²) < 4.78 is 38.3. The lowest BCUT2D eigenvalue weighted by atomic mass is 10.0. The van der Waals surface area contributed by atoms with Gasteiger partial charge in [-0.2, -0.15) is 13.2 Å². The van der Waals surface area contributed by atoms with Gasteiger partial charge in [0.25, 0.3) is 0 Å². The van der Waals surface area contributed by atoms with E-state index >= 15 is 0 Å². The van der Waals surface area contributed by atoms with Gasteiger partial charge in [-0.1, -0.05) is 46.9 Å². The second-order valence-electron chi connectivity index (χ2n) is 3.79. The minimum atomic E-state index is -4.52. The fourth-order valence-corrected chi connectivity index (χ4v) is 2.39. The van der Waals surface area contributed by atoms with Crippen LogP contribution in [0.2, 0.25) is 15.1 Å². The Balaban J connectivity index is 2.67. The zero-order chi connectivity index (χ0) is 14.2. The van der Waals surface area contributed by atoms with Crippen LogP contribution in [0, 0.1) is 0 Å². The number of alkyl halides is 3. The summed E-state index contributed by atoms with van der Waals surface area (Å²) in [6, 6.07) is 8.21. The van der Waals surface area contributed by atoms with Crippen molar-refractivity contribution in [3.8, 4) is 11.1 Å². The van der Waals surface area contributed by atoms with E-state index in [2.05, 4.69) is 0 Å². The zero-order valence-electron chi connectivity index (χ0n) is 9.23. The molecule has 100 valence electrons. The van der Waals surface area contributed by atoms with Crippen LogP contribution >= 0.6 is 34.8 Å². The number of benzene rings is 2. The van der Waals surface area contributed by atoms with Crippen molar-refractivity contribution in [3.05, 3.63) is 57.0 Å². The van der Waals surface area contributed by atoms with E-state index in [9.17, 15) is 13.2 Å². The maximum atomic E-state index is 12.8. The van der Waals surface area contributed by atoms with Gasteiger partial charge in [-0.25, -0.2) is 0 Å².